The maximum Gasteiger partial charge on any atom is 0.332 e. The lowest BCUT2D eigenvalue weighted by Gasteiger charge is -2.07. The third-order valence-corrected chi connectivity index (χ3v) is 1.52. The molecule has 0 rings (SSSR count). The summed E-state index contributed by atoms with van der Waals surface area (Å²) in [5.41, 5.74) is 0. The fraction of sp³-hybridized carbons (Fsp3) is 0.875. The Labute approximate surface area is 72.2 Å². The fourth-order valence-electron chi connectivity index (χ4n) is 0.722. The van der Waals surface area contributed by atoms with Crippen molar-refractivity contribution in [3.8, 4) is 0 Å². The van der Waals surface area contributed by atoms with E-state index in [0.29, 0.717) is 6.61 Å². The number of aliphatic hydroxyl groups excluding tert-OH is 1. The second-order valence-electron chi connectivity index (χ2n) is 2.64. The van der Waals surface area contributed by atoms with E-state index in [4.69, 9.17) is 14.9 Å². The average Bonchev–Trinajstić information content (AvgIpc) is 2.03. The molecule has 0 aliphatic heterocycles. The van der Waals surface area contributed by atoms with Crippen LogP contribution in [0.3, 0.4) is 0 Å². The van der Waals surface area contributed by atoms with Crippen LogP contribution in [0.2, 0.25) is 0 Å². The molecule has 4 heteroatoms. The van der Waals surface area contributed by atoms with Crippen molar-refractivity contribution in [1.82, 2.24) is 0 Å². The molecule has 0 fully saturated rings. The highest BCUT2D eigenvalue weighted by molar-refractivity contribution is 5.71. The maximum absolute atomic E-state index is 10.3. The van der Waals surface area contributed by atoms with Gasteiger partial charge in [-0.05, 0) is 26.2 Å². The van der Waals surface area contributed by atoms with Crippen LogP contribution in [0.4, 0.5) is 0 Å². The molecular formula is C8H16O4. The lowest BCUT2D eigenvalue weighted by Crippen LogP contribution is -2.20. The Hall–Kier alpha value is -0.610. The molecule has 1 atom stereocenters. The van der Waals surface area contributed by atoms with E-state index in [-0.39, 0.29) is 6.61 Å². The third-order valence-electron chi connectivity index (χ3n) is 1.52. The van der Waals surface area contributed by atoms with Gasteiger partial charge in [0, 0.05) is 13.2 Å². The van der Waals surface area contributed by atoms with E-state index in [0.717, 1.165) is 19.3 Å². The van der Waals surface area contributed by atoms with Crippen LogP contribution in [0, 0.1) is 0 Å². The second kappa shape index (κ2) is 7.06. The number of hydrogen-bond donors (Lipinski definition) is 2. The van der Waals surface area contributed by atoms with Gasteiger partial charge in [-0.2, -0.15) is 0 Å². The van der Waals surface area contributed by atoms with E-state index in [9.17, 15) is 4.79 Å². The zero-order chi connectivity index (χ0) is 9.40. The normalized spacial score (nSPS) is 12.8. The van der Waals surface area contributed by atoms with E-state index in [1.165, 1.54) is 6.92 Å². The lowest BCUT2D eigenvalue weighted by molar-refractivity contribution is -0.149. The van der Waals surface area contributed by atoms with Crippen LogP contribution in [0.25, 0.3) is 0 Å². The van der Waals surface area contributed by atoms with Crippen LogP contribution < -0.4 is 0 Å². The molecule has 12 heavy (non-hydrogen) atoms. The summed E-state index contributed by atoms with van der Waals surface area (Å²) in [6.45, 7) is 2.15. The fourth-order valence-corrected chi connectivity index (χ4v) is 0.722. The van der Waals surface area contributed by atoms with Crippen molar-refractivity contribution in [1.29, 1.82) is 0 Å². The molecule has 0 aromatic rings. The second-order valence-corrected chi connectivity index (χ2v) is 2.64. The summed E-state index contributed by atoms with van der Waals surface area (Å²) < 4.78 is 4.97. The quantitative estimate of drug-likeness (QED) is 0.558. The minimum absolute atomic E-state index is 0.189. The average molecular weight is 176 g/mol. The summed E-state index contributed by atoms with van der Waals surface area (Å²) in [5, 5.41) is 16.8. The minimum Gasteiger partial charge on any atom is -0.479 e. The predicted octanol–water partition coefficient (Wildman–Crippen LogP) is 0.639. The Morgan fingerprint density at radius 1 is 1.42 bits per heavy atom. The van der Waals surface area contributed by atoms with Crippen LogP contribution in [0.15, 0.2) is 0 Å². The largest absolute Gasteiger partial charge is 0.479 e. The lowest BCUT2D eigenvalue weighted by atomic mass is 10.2. The first kappa shape index (κ1) is 11.4. The first-order chi connectivity index (χ1) is 5.68. The molecule has 0 bridgehead atoms. The first-order valence-corrected chi connectivity index (χ1v) is 4.13. The summed E-state index contributed by atoms with van der Waals surface area (Å²) >= 11 is 0. The number of hydrogen-bond acceptors (Lipinski definition) is 3. The van der Waals surface area contributed by atoms with E-state index >= 15 is 0 Å². The highest BCUT2D eigenvalue weighted by Crippen LogP contribution is 1.97. The third kappa shape index (κ3) is 6.12. The van der Waals surface area contributed by atoms with Crippen molar-refractivity contribution >= 4 is 5.97 Å². The molecule has 0 aromatic heterocycles. The Bertz CT molecular complexity index is 124. The van der Waals surface area contributed by atoms with Gasteiger partial charge in [0.2, 0.25) is 0 Å². The number of carboxylic acid groups (broad SMARTS) is 1. The minimum atomic E-state index is -0.933. The van der Waals surface area contributed by atoms with Gasteiger partial charge in [0.05, 0.1) is 0 Å². The zero-order valence-corrected chi connectivity index (χ0v) is 7.32. The molecule has 0 heterocycles. The Balaban J connectivity index is 3.14. The van der Waals surface area contributed by atoms with Gasteiger partial charge in [0.15, 0.2) is 6.10 Å². The van der Waals surface area contributed by atoms with Crippen LogP contribution >= 0.6 is 0 Å². The molecule has 4 nitrogen and oxygen atoms in total. The van der Waals surface area contributed by atoms with Gasteiger partial charge >= 0.3 is 5.97 Å². The van der Waals surface area contributed by atoms with Gasteiger partial charge < -0.3 is 14.9 Å². The number of unbranched alkanes of at least 4 members (excludes halogenated alkanes) is 2. The van der Waals surface area contributed by atoms with Gasteiger partial charge in [0.25, 0.3) is 0 Å². The maximum atomic E-state index is 10.3. The smallest absolute Gasteiger partial charge is 0.332 e. The molecule has 1 unspecified atom stereocenters. The van der Waals surface area contributed by atoms with Crippen LogP contribution in [0.5, 0.6) is 0 Å². The van der Waals surface area contributed by atoms with Gasteiger partial charge in [-0.3, -0.25) is 0 Å². The number of ether oxygens (including phenoxy) is 1. The molecule has 0 amide bonds. The van der Waals surface area contributed by atoms with Crippen molar-refractivity contribution in [2.75, 3.05) is 13.2 Å². The Morgan fingerprint density at radius 3 is 2.58 bits per heavy atom. The first-order valence-electron chi connectivity index (χ1n) is 4.13. The molecule has 0 saturated carbocycles. The summed E-state index contributed by atoms with van der Waals surface area (Å²) in [7, 11) is 0. The molecule has 0 aromatic carbocycles. The van der Waals surface area contributed by atoms with Crippen molar-refractivity contribution in [3.05, 3.63) is 0 Å². The van der Waals surface area contributed by atoms with Crippen molar-refractivity contribution in [3.63, 3.8) is 0 Å². The summed E-state index contributed by atoms with van der Waals surface area (Å²) in [4.78, 5) is 10.3. The molecule has 0 radical (unpaired) electrons. The van der Waals surface area contributed by atoms with Crippen LogP contribution in [-0.4, -0.2) is 35.5 Å². The van der Waals surface area contributed by atoms with E-state index in [1.54, 1.807) is 0 Å². The molecule has 72 valence electrons. The Kier molecular flexibility index (Phi) is 6.70. The topological polar surface area (TPSA) is 66.8 Å². The van der Waals surface area contributed by atoms with Gasteiger partial charge in [0.1, 0.15) is 0 Å². The standard InChI is InChI=1S/C8H16O4/c1-7(8(10)11)12-6-4-2-3-5-9/h7,9H,2-6H2,1H3,(H,10,11). The molecule has 0 saturated heterocycles. The van der Waals surface area contributed by atoms with E-state index < -0.39 is 12.1 Å². The summed E-state index contributed by atoms with van der Waals surface area (Å²) in [6.07, 6.45) is 1.71. The van der Waals surface area contributed by atoms with Crippen molar-refractivity contribution in [2.24, 2.45) is 0 Å². The van der Waals surface area contributed by atoms with E-state index in [1.807, 2.05) is 0 Å². The number of rotatable bonds is 7. The van der Waals surface area contributed by atoms with Crippen LogP contribution in [-0.2, 0) is 9.53 Å². The summed E-state index contributed by atoms with van der Waals surface area (Å²) in [5.74, 6) is -0.933. The number of aliphatic carboxylic acids is 1. The SMILES string of the molecule is CC(OCCCCCO)C(=O)O. The number of carbonyl (C=O) groups is 1. The van der Waals surface area contributed by atoms with Gasteiger partial charge in [-0.15, -0.1) is 0 Å². The predicted molar refractivity (Wildman–Crippen MR) is 44.0 cm³/mol. The zero-order valence-electron chi connectivity index (χ0n) is 7.32. The molecule has 0 aliphatic carbocycles. The van der Waals surface area contributed by atoms with Crippen LogP contribution in [0.1, 0.15) is 26.2 Å². The van der Waals surface area contributed by atoms with Crippen molar-refractivity contribution < 1.29 is 19.7 Å². The van der Waals surface area contributed by atoms with Gasteiger partial charge in [-0.1, -0.05) is 0 Å². The Morgan fingerprint density at radius 2 is 2.08 bits per heavy atom. The number of aliphatic hydroxyl groups is 1. The molecule has 0 spiro atoms. The van der Waals surface area contributed by atoms with Gasteiger partial charge in [-0.25, -0.2) is 4.79 Å². The molecule has 2 N–H and O–H groups in total. The monoisotopic (exact) mass is 176 g/mol. The highest BCUT2D eigenvalue weighted by atomic mass is 16.5. The summed E-state index contributed by atoms with van der Waals surface area (Å²) in [6, 6.07) is 0. The molecular weight excluding hydrogens is 160 g/mol. The highest BCUT2D eigenvalue weighted by Gasteiger charge is 2.09. The van der Waals surface area contributed by atoms with E-state index in [2.05, 4.69) is 0 Å². The number of carboxylic acids is 1. The van der Waals surface area contributed by atoms with Crippen molar-refractivity contribution in [2.45, 2.75) is 32.3 Å². The molecule has 0 aliphatic rings.